The number of benzene rings is 2. The lowest BCUT2D eigenvalue weighted by Gasteiger charge is -2.26. The summed E-state index contributed by atoms with van der Waals surface area (Å²) in [5, 5.41) is 0. The summed E-state index contributed by atoms with van der Waals surface area (Å²) in [5.41, 5.74) is 2.71. The zero-order valence-corrected chi connectivity index (χ0v) is 17.0. The molecule has 2 aromatic carbocycles. The van der Waals surface area contributed by atoms with E-state index < -0.39 is 0 Å². The third-order valence-electron chi connectivity index (χ3n) is 5.40. The van der Waals surface area contributed by atoms with Gasteiger partial charge >= 0.3 is 0 Å². The van der Waals surface area contributed by atoms with Crippen LogP contribution in [0.2, 0.25) is 0 Å². The van der Waals surface area contributed by atoms with Crippen LogP contribution in [0.5, 0.6) is 5.75 Å². The number of halogens is 1. The average molecular weight is 418 g/mol. The van der Waals surface area contributed by atoms with Gasteiger partial charge in [-0.1, -0.05) is 30.3 Å². The molecule has 0 aliphatic carbocycles. The van der Waals surface area contributed by atoms with Crippen molar-refractivity contribution in [3.05, 3.63) is 84.4 Å². The monoisotopic (exact) mass is 418 g/mol. The molecule has 1 unspecified atom stereocenters. The van der Waals surface area contributed by atoms with Crippen LogP contribution < -0.4 is 4.74 Å². The standard InChI is InChI=1S/C25H23FN2O3/c26-21-5-1-4-20(15-21)19-7-10-23(11-8-19)31-17-22(28-24(29)12-13-25(28)30)9-6-18-3-2-14-27-16-18/h1-5,7-8,10-11,14-16,22H,6,9,12-13,17H2. The van der Waals surface area contributed by atoms with Gasteiger partial charge in [-0.3, -0.25) is 19.5 Å². The Hall–Kier alpha value is -3.54. The average Bonchev–Trinajstić information content (AvgIpc) is 3.13. The van der Waals surface area contributed by atoms with Crippen molar-refractivity contribution in [3.63, 3.8) is 0 Å². The van der Waals surface area contributed by atoms with E-state index >= 15 is 0 Å². The Labute approximate surface area is 180 Å². The highest BCUT2D eigenvalue weighted by molar-refractivity contribution is 6.02. The fourth-order valence-corrected chi connectivity index (χ4v) is 3.77. The molecule has 4 rings (SSSR count). The number of nitrogens with zero attached hydrogens (tertiary/aromatic N) is 2. The van der Waals surface area contributed by atoms with Gasteiger partial charge in [0.1, 0.15) is 18.2 Å². The molecule has 1 saturated heterocycles. The molecule has 1 aliphatic rings. The maximum absolute atomic E-state index is 13.5. The molecule has 1 aliphatic heterocycles. The number of aryl methyl sites for hydroxylation is 1. The summed E-state index contributed by atoms with van der Waals surface area (Å²) in [7, 11) is 0. The summed E-state index contributed by atoms with van der Waals surface area (Å²) in [6.07, 6.45) is 5.30. The normalized spacial score (nSPS) is 14.7. The maximum atomic E-state index is 13.5. The summed E-state index contributed by atoms with van der Waals surface area (Å²) in [6.45, 7) is 0.219. The van der Waals surface area contributed by atoms with Gasteiger partial charge in [-0.15, -0.1) is 0 Å². The first kappa shape index (κ1) is 20.7. The van der Waals surface area contributed by atoms with E-state index in [1.54, 1.807) is 18.5 Å². The quantitative estimate of drug-likeness (QED) is 0.508. The van der Waals surface area contributed by atoms with Crippen LogP contribution in [0, 0.1) is 5.82 Å². The lowest BCUT2D eigenvalue weighted by Crippen LogP contribution is -2.43. The molecule has 0 spiro atoms. The number of amides is 2. The van der Waals surface area contributed by atoms with E-state index in [1.165, 1.54) is 17.0 Å². The highest BCUT2D eigenvalue weighted by atomic mass is 19.1. The summed E-state index contributed by atoms with van der Waals surface area (Å²) in [4.78, 5) is 30.0. The Morgan fingerprint density at radius 3 is 2.42 bits per heavy atom. The van der Waals surface area contributed by atoms with Crippen molar-refractivity contribution in [2.45, 2.75) is 31.7 Å². The smallest absolute Gasteiger partial charge is 0.230 e. The molecule has 1 fully saturated rings. The van der Waals surface area contributed by atoms with E-state index in [9.17, 15) is 14.0 Å². The number of hydrogen-bond acceptors (Lipinski definition) is 4. The second kappa shape index (κ2) is 9.51. The molecule has 0 saturated carbocycles. The van der Waals surface area contributed by atoms with Gasteiger partial charge in [0.25, 0.3) is 0 Å². The van der Waals surface area contributed by atoms with Crippen LogP contribution in [0.4, 0.5) is 4.39 Å². The van der Waals surface area contributed by atoms with Crippen LogP contribution in [-0.4, -0.2) is 34.3 Å². The molecule has 2 amide bonds. The van der Waals surface area contributed by atoms with Crippen molar-refractivity contribution in [1.29, 1.82) is 0 Å². The molecule has 1 atom stereocenters. The van der Waals surface area contributed by atoms with Gasteiger partial charge in [0.05, 0.1) is 6.04 Å². The van der Waals surface area contributed by atoms with Crippen LogP contribution in [0.15, 0.2) is 73.1 Å². The molecule has 5 nitrogen and oxygen atoms in total. The zero-order valence-electron chi connectivity index (χ0n) is 17.0. The zero-order chi connectivity index (χ0) is 21.6. The Kier molecular flexibility index (Phi) is 6.36. The molecule has 31 heavy (non-hydrogen) atoms. The lowest BCUT2D eigenvalue weighted by atomic mass is 10.1. The van der Waals surface area contributed by atoms with Crippen LogP contribution in [-0.2, 0) is 16.0 Å². The third kappa shape index (κ3) is 5.15. The number of carbonyl (C=O) groups excluding carboxylic acids is 2. The maximum Gasteiger partial charge on any atom is 0.230 e. The number of hydrogen-bond donors (Lipinski definition) is 0. The Bertz CT molecular complexity index is 1040. The molecule has 3 aromatic rings. The van der Waals surface area contributed by atoms with Crippen LogP contribution in [0.25, 0.3) is 11.1 Å². The summed E-state index contributed by atoms with van der Waals surface area (Å²) in [5.74, 6) is 0.0531. The molecule has 0 bridgehead atoms. The predicted octanol–water partition coefficient (Wildman–Crippen LogP) is 4.42. The summed E-state index contributed by atoms with van der Waals surface area (Å²) in [6, 6.07) is 17.3. The number of likely N-dealkylation sites (tertiary alicyclic amines) is 1. The van der Waals surface area contributed by atoms with E-state index in [2.05, 4.69) is 4.98 Å². The summed E-state index contributed by atoms with van der Waals surface area (Å²) >= 11 is 0. The van der Waals surface area contributed by atoms with Gasteiger partial charge in [-0.2, -0.15) is 0 Å². The molecule has 1 aromatic heterocycles. The number of imide groups is 1. The number of pyridine rings is 1. The largest absolute Gasteiger partial charge is 0.491 e. The van der Waals surface area contributed by atoms with Crippen molar-refractivity contribution in [3.8, 4) is 16.9 Å². The van der Waals surface area contributed by atoms with Gasteiger partial charge in [-0.05, 0) is 59.9 Å². The first-order valence-corrected chi connectivity index (χ1v) is 10.3. The molecule has 2 heterocycles. The first-order valence-electron chi connectivity index (χ1n) is 10.3. The lowest BCUT2D eigenvalue weighted by molar-refractivity contribution is -0.142. The van der Waals surface area contributed by atoms with Crippen molar-refractivity contribution >= 4 is 11.8 Å². The number of rotatable bonds is 8. The molecule has 0 radical (unpaired) electrons. The molecule has 6 heteroatoms. The minimum atomic E-state index is -0.342. The Morgan fingerprint density at radius 2 is 1.74 bits per heavy atom. The molecular weight excluding hydrogens is 395 g/mol. The van der Waals surface area contributed by atoms with Gasteiger partial charge in [0.15, 0.2) is 0 Å². The highest BCUT2D eigenvalue weighted by Gasteiger charge is 2.35. The van der Waals surface area contributed by atoms with E-state index in [0.29, 0.717) is 18.6 Å². The van der Waals surface area contributed by atoms with E-state index in [-0.39, 0.29) is 43.1 Å². The van der Waals surface area contributed by atoms with Crippen molar-refractivity contribution in [2.75, 3.05) is 6.61 Å². The Morgan fingerprint density at radius 1 is 0.968 bits per heavy atom. The molecule has 0 N–H and O–H groups in total. The second-order valence-electron chi connectivity index (χ2n) is 7.56. The van der Waals surface area contributed by atoms with Crippen molar-refractivity contribution < 1.29 is 18.7 Å². The van der Waals surface area contributed by atoms with Crippen molar-refractivity contribution in [2.24, 2.45) is 0 Å². The van der Waals surface area contributed by atoms with Crippen LogP contribution >= 0.6 is 0 Å². The minimum absolute atomic E-state index is 0.147. The topological polar surface area (TPSA) is 59.5 Å². The van der Waals surface area contributed by atoms with Crippen molar-refractivity contribution in [1.82, 2.24) is 9.88 Å². The first-order chi connectivity index (χ1) is 15.1. The predicted molar refractivity (Wildman–Crippen MR) is 115 cm³/mol. The highest BCUT2D eigenvalue weighted by Crippen LogP contribution is 2.24. The van der Waals surface area contributed by atoms with Crippen LogP contribution in [0.3, 0.4) is 0 Å². The molecular formula is C25H23FN2O3. The summed E-state index contributed by atoms with van der Waals surface area (Å²) < 4.78 is 19.4. The second-order valence-corrected chi connectivity index (χ2v) is 7.56. The fourth-order valence-electron chi connectivity index (χ4n) is 3.77. The SMILES string of the molecule is O=C1CCC(=O)N1C(CCc1cccnc1)COc1ccc(-c2cccc(F)c2)cc1. The van der Waals surface area contributed by atoms with E-state index in [4.69, 9.17) is 4.74 Å². The van der Waals surface area contributed by atoms with Gasteiger partial charge < -0.3 is 4.74 Å². The van der Waals surface area contributed by atoms with Gasteiger partial charge in [-0.25, -0.2) is 4.39 Å². The number of ether oxygens (including phenoxy) is 1. The van der Waals surface area contributed by atoms with Crippen LogP contribution in [0.1, 0.15) is 24.8 Å². The minimum Gasteiger partial charge on any atom is -0.491 e. The van der Waals surface area contributed by atoms with Gasteiger partial charge in [0.2, 0.25) is 11.8 Å². The Balaban J connectivity index is 1.44. The van der Waals surface area contributed by atoms with Gasteiger partial charge in [0, 0.05) is 25.2 Å². The number of carbonyl (C=O) groups is 2. The van der Waals surface area contributed by atoms with E-state index in [1.807, 2.05) is 42.5 Å². The molecule has 158 valence electrons. The van der Waals surface area contributed by atoms with E-state index in [0.717, 1.165) is 16.7 Å². The number of aromatic nitrogens is 1. The fraction of sp³-hybridized carbons (Fsp3) is 0.240. The third-order valence-corrected chi connectivity index (χ3v) is 5.40.